The summed E-state index contributed by atoms with van der Waals surface area (Å²) in [4.78, 5) is 38.9. The maximum Gasteiger partial charge on any atom is 0.270 e. The number of anilines is 2. The monoisotopic (exact) mass is 550 g/mol. The Morgan fingerprint density at radius 3 is 2.48 bits per heavy atom. The Morgan fingerprint density at radius 2 is 1.82 bits per heavy atom. The quantitative estimate of drug-likeness (QED) is 0.283. The maximum atomic E-state index is 12.9. The van der Waals surface area contributed by atoms with Crippen LogP contribution in [0.1, 0.15) is 39.7 Å². The van der Waals surface area contributed by atoms with E-state index in [4.69, 9.17) is 10.00 Å². The molecule has 0 fully saturated rings. The van der Waals surface area contributed by atoms with E-state index < -0.39 is 0 Å². The van der Waals surface area contributed by atoms with Crippen molar-refractivity contribution in [2.75, 3.05) is 12.4 Å². The molecule has 1 unspecified atom stereocenters. The Kier molecular flexibility index (Phi) is 7.61. The first-order valence-corrected chi connectivity index (χ1v) is 12.8. The van der Waals surface area contributed by atoms with Crippen LogP contribution in [-0.2, 0) is 0 Å². The first-order valence-electron chi connectivity index (χ1n) is 12.0. The minimum Gasteiger partial charge on any atom is -0.481 e. The Balaban J connectivity index is 1.24. The summed E-state index contributed by atoms with van der Waals surface area (Å²) < 4.78 is 9.18. The molecule has 5 rings (SSSR count). The molecule has 198 valence electrons. The van der Waals surface area contributed by atoms with Crippen LogP contribution >= 0.6 is 11.5 Å². The summed E-state index contributed by atoms with van der Waals surface area (Å²) in [6.07, 6.45) is 4.97. The van der Waals surface area contributed by atoms with Crippen molar-refractivity contribution in [3.8, 4) is 34.6 Å². The molecule has 0 aliphatic heterocycles. The van der Waals surface area contributed by atoms with Crippen LogP contribution in [0.4, 0.5) is 11.8 Å². The fourth-order valence-electron chi connectivity index (χ4n) is 3.70. The molecular weight excluding hydrogens is 528 g/mol. The van der Waals surface area contributed by atoms with Crippen molar-refractivity contribution in [3.05, 3.63) is 83.0 Å². The second-order valence-electron chi connectivity index (χ2n) is 8.57. The fourth-order valence-corrected chi connectivity index (χ4v) is 4.12. The van der Waals surface area contributed by atoms with Crippen molar-refractivity contribution in [3.63, 3.8) is 0 Å². The lowest BCUT2D eigenvalue weighted by atomic mass is 10.1. The van der Waals surface area contributed by atoms with E-state index in [0.29, 0.717) is 28.8 Å². The van der Waals surface area contributed by atoms with E-state index in [9.17, 15) is 4.79 Å². The van der Waals surface area contributed by atoms with E-state index in [2.05, 4.69) is 44.9 Å². The highest BCUT2D eigenvalue weighted by Crippen LogP contribution is 2.22. The highest BCUT2D eigenvalue weighted by molar-refractivity contribution is 7.06. The number of hydrogen-bond acceptors (Lipinski definition) is 12. The average molecular weight is 551 g/mol. The van der Waals surface area contributed by atoms with Gasteiger partial charge in [-0.05, 0) is 55.2 Å². The van der Waals surface area contributed by atoms with Gasteiger partial charge in [0.2, 0.25) is 16.8 Å². The zero-order valence-electron chi connectivity index (χ0n) is 21.7. The third kappa shape index (κ3) is 6.03. The number of carbonyl (C=O) groups excluding carboxylic acids is 1. The number of aryl methyl sites for hydroxylation is 1. The highest BCUT2D eigenvalue weighted by atomic mass is 32.1. The standard InChI is InChI=1S/C27H22N10O2S/c1-15-10-22(35-27-36-24(11-28)40-37-27)34-25(32-15)19-5-8-21(30-14-19)26(38)33-16(2)17-4-7-20(29-12-17)18-6-9-23(39-3)31-13-18/h4-10,12-14,16H,1-3H3,(H,33,38)(H,32,34,35,37). The molecular formula is C27H22N10O2S. The molecule has 0 saturated carbocycles. The SMILES string of the molecule is COc1ccc(-c2ccc(C(C)NC(=O)c3ccc(-c4nc(C)cc(Nc5nsc(C#N)n5)n4)cn3)cn2)cn1. The van der Waals surface area contributed by atoms with Crippen molar-refractivity contribution in [1.29, 1.82) is 5.26 Å². The minimum atomic E-state index is -0.321. The minimum absolute atomic E-state index is 0.250. The Hall–Kier alpha value is -5.35. The van der Waals surface area contributed by atoms with Gasteiger partial charge in [-0.1, -0.05) is 6.07 Å². The van der Waals surface area contributed by atoms with Crippen molar-refractivity contribution < 1.29 is 9.53 Å². The topological polar surface area (TPSA) is 164 Å². The third-order valence-corrected chi connectivity index (χ3v) is 6.37. The average Bonchev–Trinajstić information content (AvgIpc) is 3.44. The van der Waals surface area contributed by atoms with Gasteiger partial charge < -0.3 is 15.4 Å². The van der Waals surface area contributed by atoms with Gasteiger partial charge in [-0.2, -0.15) is 14.6 Å². The fraction of sp³-hybridized carbons (Fsp3) is 0.148. The van der Waals surface area contributed by atoms with Crippen LogP contribution in [0.15, 0.2) is 61.1 Å². The van der Waals surface area contributed by atoms with Gasteiger partial charge in [0, 0.05) is 47.5 Å². The van der Waals surface area contributed by atoms with E-state index >= 15 is 0 Å². The molecule has 5 aromatic rings. The number of nitrogens with zero attached hydrogens (tertiary/aromatic N) is 8. The Morgan fingerprint density at radius 1 is 1.00 bits per heavy atom. The smallest absolute Gasteiger partial charge is 0.270 e. The molecule has 12 nitrogen and oxygen atoms in total. The molecule has 0 radical (unpaired) electrons. The highest BCUT2D eigenvalue weighted by Gasteiger charge is 2.15. The maximum absolute atomic E-state index is 12.9. The van der Waals surface area contributed by atoms with Gasteiger partial charge in [0.05, 0.1) is 18.8 Å². The predicted octanol–water partition coefficient (Wildman–Crippen LogP) is 4.27. The molecule has 0 bridgehead atoms. The van der Waals surface area contributed by atoms with Crippen LogP contribution in [0.25, 0.3) is 22.6 Å². The van der Waals surface area contributed by atoms with E-state index in [1.807, 2.05) is 38.1 Å². The molecule has 0 aromatic carbocycles. The lowest BCUT2D eigenvalue weighted by Gasteiger charge is -2.14. The molecule has 5 heterocycles. The number of aromatic nitrogens is 7. The predicted molar refractivity (Wildman–Crippen MR) is 148 cm³/mol. The lowest BCUT2D eigenvalue weighted by Crippen LogP contribution is -2.27. The summed E-state index contributed by atoms with van der Waals surface area (Å²) in [6, 6.07) is 14.2. The van der Waals surface area contributed by atoms with Crippen LogP contribution in [0, 0.1) is 18.3 Å². The van der Waals surface area contributed by atoms with Gasteiger partial charge in [-0.25, -0.2) is 15.0 Å². The van der Waals surface area contributed by atoms with E-state index in [1.54, 1.807) is 50.0 Å². The van der Waals surface area contributed by atoms with Crippen molar-refractivity contribution >= 4 is 29.2 Å². The van der Waals surface area contributed by atoms with Gasteiger partial charge in [0.1, 0.15) is 17.6 Å². The van der Waals surface area contributed by atoms with E-state index in [1.165, 1.54) is 0 Å². The van der Waals surface area contributed by atoms with Gasteiger partial charge in [-0.3, -0.25) is 14.8 Å². The van der Waals surface area contributed by atoms with Gasteiger partial charge in [-0.15, -0.1) is 0 Å². The van der Waals surface area contributed by atoms with Gasteiger partial charge >= 0.3 is 0 Å². The molecule has 1 amide bonds. The zero-order chi connectivity index (χ0) is 28.1. The number of amides is 1. The summed E-state index contributed by atoms with van der Waals surface area (Å²) in [5.41, 5.74) is 4.07. The van der Waals surface area contributed by atoms with Crippen LogP contribution in [0.3, 0.4) is 0 Å². The summed E-state index contributed by atoms with van der Waals surface area (Å²) in [7, 11) is 1.57. The third-order valence-electron chi connectivity index (χ3n) is 5.75. The number of nitrogens with one attached hydrogen (secondary N) is 2. The van der Waals surface area contributed by atoms with Gasteiger partial charge in [0.15, 0.2) is 5.82 Å². The summed E-state index contributed by atoms with van der Waals surface area (Å²) in [5.74, 6) is 1.39. The number of hydrogen-bond donors (Lipinski definition) is 2. The number of nitriles is 1. The molecule has 2 N–H and O–H groups in total. The second kappa shape index (κ2) is 11.6. The summed E-state index contributed by atoms with van der Waals surface area (Å²) in [6.45, 7) is 3.71. The lowest BCUT2D eigenvalue weighted by molar-refractivity contribution is 0.0935. The number of pyridine rings is 3. The van der Waals surface area contributed by atoms with Crippen molar-refractivity contribution in [2.45, 2.75) is 19.9 Å². The van der Waals surface area contributed by atoms with Crippen molar-refractivity contribution in [1.82, 2.24) is 39.6 Å². The Bertz CT molecular complexity index is 1680. The molecule has 5 aromatic heterocycles. The summed E-state index contributed by atoms with van der Waals surface area (Å²) >= 11 is 0.995. The molecule has 40 heavy (non-hydrogen) atoms. The van der Waals surface area contributed by atoms with Crippen molar-refractivity contribution in [2.24, 2.45) is 0 Å². The Labute approximate surface area is 233 Å². The zero-order valence-corrected chi connectivity index (χ0v) is 22.5. The molecule has 13 heteroatoms. The molecule has 0 aliphatic rings. The van der Waals surface area contributed by atoms with Crippen LogP contribution in [0.2, 0.25) is 0 Å². The number of methoxy groups -OCH3 is 1. The number of carbonyl (C=O) groups is 1. The number of ether oxygens (including phenoxy) is 1. The number of rotatable bonds is 8. The normalized spacial score (nSPS) is 11.3. The van der Waals surface area contributed by atoms with E-state index in [0.717, 1.165) is 28.4 Å². The molecule has 0 spiro atoms. The van der Waals surface area contributed by atoms with Gasteiger partial charge in [0.25, 0.3) is 5.91 Å². The van der Waals surface area contributed by atoms with E-state index in [-0.39, 0.29) is 28.6 Å². The molecule has 1 atom stereocenters. The molecule has 0 aliphatic carbocycles. The van der Waals surface area contributed by atoms with Crippen LogP contribution in [0.5, 0.6) is 5.88 Å². The summed E-state index contributed by atoms with van der Waals surface area (Å²) in [5, 5.41) is 15.1. The largest absolute Gasteiger partial charge is 0.481 e. The van der Waals surface area contributed by atoms with Crippen LogP contribution < -0.4 is 15.4 Å². The first-order chi connectivity index (χ1) is 19.4. The van der Waals surface area contributed by atoms with Crippen LogP contribution in [-0.4, -0.2) is 47.3 Å². The molecule has 0 saturated heterocycles. The second-order valence-corrected chi connectivity index (χ2v) is 9.32. The first kappa shape index (κ1) is 26.3.